The number of hydrogen-bond acceptors (Lipinski definition) is 6. The van der Waals surface area contributed by atoms with E-state index in [0.717, 1.165) is 12.8 Å². The smallest absolute Gasteiger partial charge is 0.348 e. The lowest BCUT2D eigenvalue weighted by molar-refractivity contribution is -0.956. The summed E-state index contributed by atoms with van der Waals surface area (Å²) in [5.74, 6) is -0.973. The first-order valence-corrected chi connectivity index (χ1v) is 15.1. The van der Waals surface area contributed by atoms with Crippen molar-refractivity contribution in [1.82, 2.24) is 0 Å². The molecule has 7 heteroatoms. The molecule has 6 rings (SSSR count). The molecule has 4 fully saturated rings. The molecule has 4 saturated heterocycles. The molecule has 214 valence electrons. The summed E-state index contributed by atoms with van der Waals surface area (Å²) in [4.78, 5) is 27.0. The molecule has 0 amide bonds. The summed E-state index contributed by atoms with van der Waals surface area (Å²) in [6, 6.07) is 20.2. The molecule has 3 unspecified atom stereocenters. The molecule has 2 aromatic rings. The van der Waals surface area contributed by atoms with E-state index in [1.165, 1.54) is 50.2 Å². The minimum atomic E-state index is -1.59. The molecule has 0 aromatic heterocycles. The minimum absolute atomic E-state index is 0.0951. The Kier molecular flexibility index (Phi) is 7.98. The number of nitrogens with zero attached hydrogens (tertiary/aromatic N) is 1. The first-order chi connectivity index (χ1) is 19.5. The van der Waals surface area contributed by atoms with Crippen LogP contribution in [0.25, 0.3) is 0 Å². The van der Waals surface area contributed by atoms with E-state index in [4.69, 9.17) is 18.9 Å². The molecular formula is C33H42NO6+. The van der Waals surface area contributed by atoms with Crippen LogP contribution < -0.4 is 0 Å². The quantitative estimate of drug-likeness (QED) is 0.259. The minimum Gasteiger partial charge on any atom is -0.459 e. The van der Waals surface area contributed by atoms with Crippen LogP contribution in [-0.4, -0.2) is 67.2 Å². The summed E-state index contributed by atoms with van der Waals surface area (Å²) in [6.07, 6.45) is 7.13. The van der Waals surface area contributed by atoms with E-state index in [1.807, 2.05) is 60.7 Å². The highest BCUT2D eigenvalue weighted by molar-refractivity contribution is 5.86. The van der Waals surface area contributed by atoms with Crippen molar-refractivity contribution < 1.29 is 33.0 Å². The summed E-state index contributed by atoms with van der Waals surface area (Å²) in [6.45, 7) is 5.05. The molecule has 1 spiro atoms. The van der Waals surface area contributed by atoms with Crippen LogP contribution in [0.2, 0.25) is 0 Å². The second kappa shape index (κ2) is 11.6. The molecular weight excluding hydrogens is 506 g/mol. The van der Waals surface area contributed by atoms with Gasteiger partial charge in [0, 0.05) is 64.6 Å². The fourth-order valence-electron chi connectivity index (χ4n) is 8.02. The summed E-state index contributed by atoms with van der Waals surface area (Å²) in [5, 5.41) is 0. The van der Waals surface area contributed by atoms with Gasteiger partial charge in [0.2, 0.25) is 11.9 Å². The predicted octanol–water partition coefficient (Wildman–Crippen LogP) is 5.11. The van der Waals surface area contributed by atoms with Gasteiger partial charge in [0.25, 0.3) is 0 Å². The third-order valence-electron chi connectivity index (χ3n) is 9.90. The van der Waals surface area contributed by atoms with Gasteiger partial charge in [-0.2, -0.15) is 0 Å². The van der Waals surface area contributed by atoms with E-state index >= 15 is 0 Å². The lowest BCUT2D eigenvalue weighted by atomic mass is 9.85. The van der Waals surface area contributed by atoms with Crippen molar-refractivity contribution in [1.29, 1.82) is 0 Å². The van der Waals surface area contributed by atoms with Gasteiger partial charge in [-0.25, -0.2) is 4.79 Å². The topological polar surface area (TPSA) is 71.1 Å². The fourth-order valence-corrected chi connectivity index (χ4v) is 8.02. The number of esters is 2. The number of ether oxygens (including phenoxy) is 4. The largest absolute Gasteiger partial charge is 0.459 e. The molecule has 7 nitrogen and oxygen atoms in total. The number of carbonyl (C=O) groups is 2. The van der Waals surface area contributed by atoms with Gasteiger partial charge in [-0.3, -0.25) is 4.79 Å². The average Bonchev–Trinajstić information content (AvgIpc) is 3.53. The maximum atomic E-state index is 14.7. The molecule has 2 aromatic carbocycles. The second-order valence-corrected chi connectivity index (χ2v) is 12.1. The van der Waals surface area contributed by atoms with Crippen LogP contribution in [0.3, 0.4) is 0 Å². The second-order valence-electron chi connectivity index (χ2n) is 12.1. The highest BCUT2D eigenvalue weighted by atomic mass is 16.7. The van der Waals surface area contributed by atoms with Crippen molar-refractivity contribution in [3.63, 3.8) is 0 Å². The van der Waals surface area contributed by atoms with Crippen LogP contribution in [0.1, 0.15) is 69.4 Å². The van der Waals surface area contributed by atoms with Gasteiger partial charge in [0.15, 0.2) is 0 Å². The molecule has 2 bridgehead atoms. The molecule has 4 heterocycles. The number of benzene rings is 2. The van der Waals surface area contributed by atoms with E-state index < -0.39 is 23.8 Å². The molecule has 0 saturated carbocycles. The van der Waals surface area contributed by atoms with E-state index in [-0.39, 0.29) is 12.0 Å². The highest BCUT2D eigenvalue weighted by Crippen LogP contribution is 2.47. The lowest BCUT2D eigenvalue weighted by Crippen LogP contribution is -2.60. The average molecular weight is 549 g/mol. The Bertz CT molecular complexity index is 1100. The van der Waals surface area contributed by atoms with Gasteiger partial charge in [0.05, 0.1) is 25.2 Å². The van der Waals surface area contributed by atoms with Crippen molar-refractivity contribution in [2.24, 2.45) is 5.92 Å². The lowest BCUT2D eigenvalue weighted by Gasteiger charge is -2.47. The summed E-state index contributed by atoms with van der Waals surface area (Å²) < 4.78 is 26.0. The maximum Gasteiger partial charge on any atom is 0.348 e. The van der Waals surface area contributed by atoms with E-state index in [0.29, 0.717) is 49.3 Å². The Hall–Kier alpha value is -2.74. The zero-order valence-electron chi connectivity index (χ0n) is 23.5. The van der Waals surface area contributed by atoms with Gasteiger partial charge < -0.3 is 23.4 Å². The Morgan fingerprint density at radius 3 is 1.93 bits per heavy atom. The first-order valence-electron chi connectivity index (χ1n) is 15.1. The van der Waals surface area contributed by atoms with Crippen LogP contribution in [0.4, 0.5) is 0 Å². The molecule has 0 radical (unpaired) electrons. The molecule has 40 heavy (non-hydrogen) atoms. The SMILES string of the molecule is CC(=O)OC(OC(C(=O)OC1CC2CCC(C1)[N+]21CCCC1)(c1ccccc1)c1ccccc1)C1CCOCC1. The van der Waals surface area contributed by atoms with Crippen molar-refractivity contribution in [3.05, 3.63) is 71.8 Å². The zero-order chi connectivity index (χ0) is 27.6. The van der Waals surface area contributed by atoms with E-state index in [1.54, 1.807) is 0 Å². The number of quaternary nitrogens is 1. The van der Waals surface area contributed by atoms with Crippen molar-refractivity contribution >= 4 is 11.9 Å². The van der Waals surface area contributed by atoms with Crippen LogP contribution in [0, 0.1) is 5.92 Å². The third kappa shape index (κ3) is 5.08. The highest BCUT2D eigenvalue weighted by Gasteiger charge is 2.57. The van der Waals surface area contributed by atoms with Gasteiger partial charge in [-0.05, 0) is 24.0 Å². The third-order valence-corrected chi connectivity index (χ3v) is 9.90. The monoisotopic (exact) mass is 548 g/mol. The Labute approximate surface area is 237 Å². The van der Waals surface area contributed by atoms with Crippen LogP contribution in [0.15, 0.2) is 60.7 Å². The number of hydrogen-bond donors (Lipinski definition) is 0. The van der Waals surface area contributed by atoms with Crippen molar-refractivity contribution in [2.75, 3.05) is 26.3 Å². The summed E-state index contributed by atoms with van der Waals surface area (Å²) in [5.41, 5.74) is -0.258. The van der Waals surface area contributed by atoms with Crippen LogP contribution in [0.5, 0.6) is 0 Å². The fraction of sp³-hybridized carbons (Fsp3) is 0.576. The predicted molar refractivity (Wildman–Crippen MR) is 149 cm³/mol. The summed E-state index contributed by atoms with van der Waals surface area (Å²) in [7, 11) is 0. The van der Waals surface area contributed by atoms with Crippen LogP contribution in [-0.2, 0) is 34.1 Å². The number of rotatable bonds is 8. The molecule has 3 atom stereocenters. The van der Waals surface area contributed by atoms with Crippen molar-refractivity contribution in [2.45, 2.75) is 88.4 Å². The Morgan fingerprint density at radius 2 is 1.40 bits per heavy atom. The van der Waals surface area contributed by atoms with Crippen molar-refractivity contribution in [3.8, 4) is 0 Å². The van der Waals surface area contributed by atoms with Crippen LogP contribution >= 0.6 is 0 Å². The van der Waals surface area contributed by atoms with Gasteiger partial charge in [-0.15, -0.1) is 0 Å². The standard InChI is InChI=1S/C33H42NO6/c1-24(35)38-31(25-16-20-37-21-17-25)40-33(26-10-4-2-5-11-26,27-12-6-3-7-13-27)32(36)39-30-22-28-14-15-29(23-30)34(28)18-8-9-19-34/h2-7,10-13,25,28-31H,8-9,14-23H2,1H3/q+1. The van der Waals surface area contributed by atoms with Gasteiger partial charge in [-0.1, -0.05) is 60.7 Å². The first kappa shape index (κ1) is 27.4. The normalized spacial score (nSPS) is 26.9. The van der Waals surface area contributed by atoms with E-state index in [2.05, 4.69) is 0 Å². The molecule has 0 aliphatic carbocycles. The molecule has 4 aliphatic heterocycles. The Balaban J connectivity index is 1.36. The number of carbonyl (C=O) groups excluding carboxylic acids is 2. The maximum absolute atomic E-state index is 14.7. The summed E-state index contributed by atoms with van der Waals surface area (Å²) >= 11 is 0. The molecule has 0 N–H and O–H groups in total. The van der Waals surface area contributed by atoms with E-state index in [9.17, 15) is 9.59 Å². The zero-order valence-corrected chi connectivity index (χ0v) is 23.5. The van der Waals surface area contributed by atoms with Gasteiger partial charge in [0.1, 0.15) is 6.10 Å². The van der Waals surface area contributed by atoms with Gasteiger partial charge >= 0.3 is 11.9 Å². The Morgan fingerprint density at radius 1 is 0.850 bits per heavy atom. The molecule has 4 aliphatic rings. The number of piperidine rings is 1.